The molecule has 0 aliphatic carbocycles. The quantitative estimate of drug-likeness (QED) is 0.702. The third kappa shape index (κ3) is 2.71. The van der Waals surface area contributed by atoms with Crippen LogP contribution >= 0.6 is 23.2 Å². The zero-order valence-corrected chi connectivity index (χ0v) is 16.5. The first-order chi connectivity index (χ1) is 12.8. The minimum atomic E-state index is -0.651. The fourth-order valence-corrected chi connectivity index (χ4v) is 3.94. The number of guanidine groups is 1. The van der Waals surface area contributed by atoms with E-state index in [-0.39, 0.29) is 5.91 Å². The van der Waals surface area contributed by atoms with Crippen molar-refractivity contribution in [2.24, 2.45) is 10.1 Å². The number of urea groups is 1. The normalized spacial score (nSPS) is 22.1. The Morgan fingerprint density at radius 2 is 1.85 bits per heavy atom. The van der Waals surface area contributed by atoms with Gasteiger partial charge in [-0.05, 0) is 19.1 Å². The number of carbonyl (C=O) groups excluding carboxylic acids is 2. The van der Waals surface area contributed by atoms with Gasteiger partial charge in [0.1, 0.15) is 13.1 Å². The predicted molar refractivity (Wildman–Crippen MR) is 102 cm³/mol. The largest absolute Gasteiger partial charge is 0.417 e. The van der Waals surface area contributed by atoms with Gasteiger partial charge in [-0.1, -0.05) is 34.3 Å². The van der Waals surface area contributed by atoms with Gasteiger partial charge in [-0.15, -0.1) is 10.1 Å². The van der Waals surface area contributed by atoms with Crippen LogP contribution in [-0.2, 0) is 11.3 Å². The Hall–Kier alpha value is -2.45. The van der Waals surface area contributed by atoms with E-state index in [1.807, 2.05) is 11.5 Å². The van der Waals surface area contributed by atoms with Gasteiger partial charge in [0.2, 0.25) is 11.9 Å². The molecule has 1 aromatic carbocycles. The molecule has 1 unspecified atom stereocenters. The molecule has 27 heavy (non-hydrogen) atoms. The maximum Gasteiger partial charge on any atom is 0.417 e. The number of amides is 3. The minimum absolute atomic E-state index is 0.298. The van der Waals surface area contributed by atoms with E-state index in [1.165, 1.54) is 11.9 Å². The summed E-state index contributed by atoms with van der Waals surface area (Å²) in [5.41, 5.74) is 1.53. The van der Waals surface area contributed by atoms with Crippen LogP contribution < -0.4 is 0 Å². The van der Waals surface area contributed by atoms with Gasteiger partial charge >= 0.3 is 12.0 Å². The summed E-state index contributed by atoms with van der Waals surface area (Å²) in [4.78, 5) is 32.1. The van der Waals surface area contributed by atoms with Crippen molar-refractivity contribution < 1.29 is 14.2 Å². The number of nitrogens with zero attached hydrogens (tertiary/aromatic N) is 6. The Labute approximate surface area is 166 Å². The second-order valence-corrected chi connectivity index (χ2v) is 7.45. The molecule has 140 valence electrons. The van der Waals surface area contributed by atoms with Crippen LogP contribution in [0.4, 0.5) is 4.79 Å². The smallest absolute Gasteiger partial charge is 0.270 e. The Kier molecular flexibility index (Phi) is 4.20. The van der Waals surface area contributed by atoms with Crippen LogP contribution in [0.15, 0.2) is 28.3 Å². The number of benzene rings is 1. The summed E-state index contributed by atoms with van der Waals surface area (Å²) in [6.45, 7) is 2.62. The predicted octanol–water partition coefficient (Wildman–Crippen LogP) is 1.86. The van der Waals surface area contributed by atoms with Crippen LogP contribution in [-0.4, -0.2) is 75.5 Å². The van der Waals surface area contributed by atoms with Crippen LogP contribution in [0.1, 0.15) is 12.5 Å². The van der Waals surface area contributed by atoms with Gasteiger partial charge in [0.15, 0.2) is 0 Å². The lowest BCUT2D eigenvalue weighted by Crippen LogP contribution is -2.62. The molecule has 1 aromatic rings. The average Bonchev–Trinajstić information content (AvgIpc) is 3.01. The molecule has 3 heterocycles. The molecule has 0 N–H and O–H groups in total. The molecule has 0 radical (unpaired) electrons. The van der Waals surface area contributed by atoms with E-state index in [2.05, 4.69) is 10.1 Å². The van der Waals surface area contributed by atoms with E-state index in [0.717, 1.165) is 16.2 Å². The molecule has 1 saturated heterocycles. The van der Waals surface area contributed by atoms with Crippen LogP contribution in [0, 0.1) is 0 Å². The number of carbonyl (C=O) groups is 2. The Morgan fingerprint density at radius 1 is 1.19 bits per heavy atom. The Balaban J connectivity index is 1.76. The van der Waals surface area contributed by atoms with Crippen molar-refractivity contribution in [1.29, 1.82) is 0 Å². The highest BCUT2D eigenvalue weighted by Gasteiger charge is 2.53. The molecule has 0 spiro atoms. The summed E-state index contributed by atoms with van der Waals surface area (Å²) in [5.74, 6) is 0.593. The summed E-state index contributed by atoms with van der Waals surface area (Å²) >= 11 is 12.6. The van der Waals surface area contributed by atoms with Crippen LogP contribution in [0.25, 0.3) is 0 Å². The van der Waals surface area contributed by atoms with Gasteiger partial charge in [-0.3, -0.25) is 14.6 Å². The third-order valence-electron chi connectivity index (χ3n) is 4.80. The molecule has 10 heteroatoms. The zero-order valence-electron chi connectivity index (χ0n) is 15.0. The highest BCUT2D eigenvalue weighted by Crippen LogP contribution is 2.28. The van der Waals surface area contributed by atoms with E-state index in [1.54, 1.807) is 30.3 Å². The number of rotatable bonds is 2. The number of hydrogen-bond donors (Lipinski definition) is 0. The molecule has 8 nitrogen and oxygen atoms in total. The second-order valence-electron chi connectivity index (χ2n) is 6.63. The van der Waals surface area contributed by atoms with Crippen LogP contribution in [0.5, 0.6) is 0 Å². The number of halogens is 2. The van der Waals surface area contributed by atoms with Gasteiger partial charge in [-0.25, -0.2) is 9.37 Å². The highest BCUT2D eigenvalue weighted by atomic mass is 35.5. The third-order valence-corrected chi connectivity index (χ3v) is 5.51. The Morgan fingerprint density at radius 3 is 2.52 bits per heavy atom. The number of hydrogen-bond acceptors (Lipinski definition) is 5. The zero-order chi connectivity index (χ0) is 19.5. The fourth-order valence-electron chi connectivity index (χ4n) is 3.42. The molecule has 1 atom stereocenters. The number of fused-ring (bicyclic) bond motifs is 2. The first kappa shape index (κ1) is 17.9. The van der Waals surface area contributed by atoms with E-state index in [4.69, 9.17) is 23.2 Å². The number of likely N-dealkylation sites (N-methyl/N-ethyl adjacent to an activating group) is 2. The molecule has 1 fully saturated rings. The van der Waals surface area contributed by atoms with Gasteiger partial charge < -0.3 is 0 Å². The second kappa shape index (κ2) is 6.31. The van der Waals surface area contributed by atoms with Crippen molar-refractivity contribution >= 4 is 52.6 Å². The standard InChI is InChI=1S/C17H17Cl2N6O2/c1-9-7-24-13-14(22(2)17(27)23(3)15(13)26)20-16(24)25(21-9)8-10-11(18)5-4-6-12(10)19/h4-6,13H,7-8H2,1-3H3/q+1. The molecule has 0 bridgehead atoms. The van der Waals surface area contributed by atoms with Crippen molar-refractivity contribution in [3.05, 3.63) is 33.8 Å². The van der Waals surface area contributed by atoms with Gasteiger partial charge in [0.05, 0.1) is 5.71 Å². The number of imide groups is 1. The Bertz CT molecular complexity index is 950. The lowest BCUT2D eigenvalue weighted by Gasteiger charge is -2.32. The molecule has 0 saturated carbocycles. The molecule has 0 aromatic heterocycles. The van der Waals surface area contributed by atoms with Crippen LogP contribution in [0.3, 0.4) is 0 Å². The molecular formula is C17H17Cl2N6O2+. The van der Waals surface area contributed by atoms with E-state index >= 15 is 0 Å². The summed E-state index contributed by atoms with van der Waals surface area (Å²) < 4.78 is 1.85. The lowest BCUT2D eigenvalue weighted by molar-refractivity contribution is -0.528. The minimum Gasteiger partial charge on any atom is -0.270 e. The van der Waals surface area contributed by atoms with Gasteiger partial charge in [-0.2, -0.15) is 0 Å². The van der Waals surface area contributed by atoms with Gasteiger partial charge in [0, 0.05) is 29.7 Å². The molecular weight excluding hydrogens is 391 g/mol. The lowest BCUT2D eigenvalue weighted by atomic mass is 10.1. The van der Waals surface area contributed by atoms with E-state index in [9.17, 15) is 9.59 Å². The number of amidine groups is 1. The molecule has 4 rings (SSSR count). The van der Waals surface area contributed by atoms with Crippen LogP contribution in [0.2, 0.25) is 10.0 Å². The maximum absolute atomic E-state index is 12.7. The first-order valence-corrected chi connectivity index (χ1v) is 9.07. The fraction of sp³-hybridized carbons (Fsp3) is 0.353. The van der Waals surface area contributed by atoms with E-state index in [0.29, 0.717) is 34.9 Å². The highest BCUT2D eigenvalue weighted by molar-refractivity contribution is 6.36. The number of aliphatic imine (C=N–C) groups is 1. The molecule has 3 amide bonds. The summed E-state index contributed by atoms with van der Waals surface area (Å²) in [6.07, 6.45) is 0. The van der Waals surface area contributed by atoms with Crippen molar-refractivity contribution in [1.82, 2.24) is 14.8 Å². The number of hydrazone groups is 1. The maximum atomic E-state index is 12.7. The van der Waals surface area contributed by atoms with Crippen molar-refractivity contribution in [2.45, 2.75) is 19.5 Å². The van der Waals surface area contributed by atoms with E-state index < -0.39 is 12.1 Å². The van der Waals surface area contributed by atoms with Crippen molar-refractivity contribution in [3.8, 4) is 0 Å². The summed E-state index contributed by atoms with van der Waals surface area (Å²) in [6, 6.07) is 4.24. The average molecular weight is 408 g/mol. The molecule has 3 aliphatic heterocycles. The van der Waals surface area contributed by atoms with Gasteiger partial charge in [0.25, 0.3) is 5.91 Å². The topological polar surface area (TPSA) is 71.6 Å². The molecule has 3 aliphatic rings. The first-order valence-electron chi connectivity index (χ1n) is 8.31. The summed E-state index contributed by atoms with van der Waals surface area (Å²) in [5, 5.41) is 7.29. The SMILES string of the molecule is CC1=NN(Cc2c(Cl)cccc2Cl)C2=[N+](C1)C1C(=O)N(C)C(=O)N(C)C1=N2. The summed E-state index contributed by atoms with van der Waals surface area (Å²) in [7, 11) is 3.08. The van der Waals surface area contributed by atoms with Crippen molar-refractivity contribution in [2.75, 3.05) is 20.6 Å². The van der Waals surface area contributed by atoms with Crippen molar-refractivity contribution in [3.63, 3.8) is 0 Å². The monoisotopic (exact) mass is 407 g/mol.